The predicted molar refractivity (Wildman–Crippen MR) is 116 cm³/mol. The van der Waals surface area contributed by atoms with E-state index in [1.807, 2.05) is 0 Å². The number of halogens is 2. The maximum atomic E-state index is 13.9. The van der Waals surface area contributed by atoms with Crippen molar-refractivity contribution in [2.24, 2.45) is 0 Å². The number of aromatic hydroxyl groups is 1. The average Bonchev–Trinajstić information content (AvgIpc) is 3.14. The van der Waals surface area contributed by atoms with Crippen LogP contribution >= 0.6 is 15.9 Å². The number of pyridine rings is 1. The molecule has 30 heavy (non-hydrogen) atoms. The third kappa shape index (κ3) is 3.92. The summed E-state index contributed by atoms with van der Waals surface area (Å²) in [7, 11) is 0. The SMILES string of the molecule is Cc1cc(-c2c(N3CCC(Br)C3)nc(OCC(=O)O)c3cc(O)ccc23)ccc1F. The summed E-state index contributed by atoms with van der Waals surface area (Å²) in [5.74, 6) is -0.620. The monoisotopic (exact) mass is 474 g/mol. The number of benzene rings is 2. The van der Waals surface area contributed by atoms with Gasteiger partial charge in [-0.25, -0.2) is 9.18 Å². The Balaban J connectivity index is 2.00. The van der Waals surface area contributed by atoms with Crippen LogP contribution in [-0.4, -0.2) is 45.7 Å². The summed E-state index contributed by atoms with van der Waals surface area (Å²) in [6.07, 6.45) is 0.933. The fraction of sp³-hybridized carbons (Fsp3) is 0.273. The van der Waals surface area contributed by atoms with Gasteiger partial charge in [-0.05, 0) is 60.2 Å². The number of alkyl halides is 1. The number of ether oxygens (including phenoxy) is 1. The summed E-state index contributed by atoms with van der Waals surface area (Å²) in [6, 6.07) is 9.70. The minimum absolute atomic E-state index is 0.0140. The Morgan fingerprint density at radius 1 is 1.30 bits per heavy atom. The zero-order valence-corrected chi connectivity index (χ0v) is 17.8. The van der Waals surface area contributed by atoms with Crippen LogP contribution in [-0.2, 0) is 4.79 Å². The van der Waals surface area contributed by atoms with E-state index in [-0.39, 0.29) is 17.4 Å². The van der Waals surface area contributed by atoms with Crippen molar-refractivity contribution in [2.45, 2.75) is 18.2 Å². The molecule has 2 heterocycles. The van der Waals surface area contributed by atoms with Crippen molar-refractivity contribution < 1.29 is 24.1 Å². The molecule has 0 aliphatic carbocycles. The van der Waals surface area contributed by atoms with E-state index in [2.05, 4.69) is 25.8 Å². The van der Waals surface area contributed by atoms with E-state index in [9.17, 15) is 14.3 Å². The number of fused-ring (bicyclic) bond motifs is 1. The number of aliphatic carboxylic acids is 1. The normalized spacial score (nSPS) is 16.2. The number of phenols is 1. The number of phenolic OH excluding ortho intramolecular Hbond substituents is 1. The van der Waals surface area contributed by atoms with Gasteiger partial charge in [-0.3, -0.25) is 0 Å². The van der Waals surface area contributed by atoms with Crippen molar-refractivity contribution in [3.63, 3.8) is 0 Å². The fourth-order valence-corrected chi connectivity index (χ4v) is 4.28. The molecule has 1 unspecified atom stereocenters. The molecule has 8 heteroatoms. The van der Waals surface area contributed by atoms with Crippen LogP contribution in [0, 0.1) is 12.7 Å². The molecule has 1 atom stereocenters. The van der Waals surface area contributed by atoms with Crippen molar-refractivity contribution in [3.8, 4) is 22.8 Å². The molecule has 1 aliphatic rings. The third-order valence-corrected chi connectivity index (χ3v) is 5.89. The van der Waals surface area contributed by atoms with E-state index in [0.29, 0.717) is 21.6 Å². The van der Waals surface area contributed by atoms with Crippen LogP contribution in [0.2, 0.25) is 0 Å². The second-order valence-corrected chi connectivity index (χ2v) is 8.62. The molecule has 2 N–H and O–H groups in total. The molecule has 4 rings (SSSR count). The lowest BCUT2D eigenvalue weighted by atomic mass is 9.97. The summed E-state index contributed by atoms with van der Waals surface area (Å²) in [4.78, 5) is 18.1. The molecule has 6 nitrogen and oxygen atoms in total. The Bertz CT molecular complexity index is 1140. The third-order valence-electron chi connectivity index (χ3n) is 5.14. The fourth-order valence-electron chi connectivity index (χ4n) is 3.72. The number of carboxylic acids is 1. The summed E-state index contributed by atoms with van der Waals surface area (Å²) in [5.41, 5.74) is 2.09. The molecule has 1 saturated heterocycles. The maximum absolute atomic E-state index is 13.9. The molecule has 1 aromatic heterocycles. The molecular formula is C22H20BrFN2O4. The molecule has 0 saturated carbocycles. The second kappa shape index (κ2) is 8.10. The number of hydrogen-bond donors (Lipinski definition) is 2. The minimum Gasteiger partial charge on any atom is -0.508 e. The van der Waals surface area contributed by atoms with Crippen LogP contribution < -0.4 is 9.64 Å². The number of carbonyl (C=O) groups is 1. The van der Waals surface area contributed by atoms with Crippen LogP contribution in [0.25, 0.3) is 21.9 Å². The molecule has 156 valence electrons. The molecule has 1 fully saturated rings. The highest BCUT2D eigenvalue weighted by Gasteiger charge is 2.27. The molecule has 0 spiro atoms. The van der Waals surface area contributed by atoms with Gasteiger partial charge in [0.15, 0.2) is 6.61 Å². The number of aromatic nitrogens is 1. The molecule has 0 amide bonds. The van der Waals surface area contributed by atoms with Crippen molar-refractivity contribution in [3.05, 3.63) is 47.8 Å². The predicted octanol–water partition coefficient (Wildman–Crippen LogP) is 4.49. The van der Waals surface area contributed by atoms with Crippen LogP contribution in [0.1, 0.15) is 12.0 Å². The molecule has 1 aliphatic heterocycles. The topological polar surface area (TPSA) is 82.9 Å². The Hall–Kier alpha value is -2.87. The maximum Gasteiger partial charge on any atom is 0.341 e. The lowest BCUT2D eigenvalue weighted by Crippen LogP contribution is -2.22. The van der Waals surface area contributed by atoms with Crippen LogP contribution in [0.4, 0.5) is 10.2 Å². The first kappa shape index (κ1) is 20.4. The number of nitrogens with zero attached hydrogens (tertiary/aromatic N) is 2. The number of rotatable bonds is 5. The second-order valence-electron chi connectivity index (χ2n) is 7.32. The Kier molecular flexibility index (Phi) is 5.51. The first-order valence-corrected chi connectivity index (χ1v) is 10.4. The molecule has 0 bridgehead atoms. The highest BCUT2D eigenvalue weighted by molar-refractivity contribution is 9.09. The number of anilines is 1. The Morgan fingerprint density at radius 2 is 2.10 bits per heavy atom. The van der Waals surface area contributed by atoms with Crippen LogP contribution in [0.15, 0.2) is 36.4 Å². The van der Waals surface area contributed by atoms with Gasteiger partial charge in [0, 0.05) is 28.9 Å². The van der Waals surface area contributed by atoms with Crippen LogP contribution in [0.3, 0.4) is 0 Å². The van der Waals surface area contributed by atoms with Crippen molar-refractivity contribution in [1.82, 2.24) is 4.98 Å². The van der Waals surface area contributed by atoms with E-state index in [1.54, 1.807) is 31.2 Å². The zero-order chi connectivity index (χ0) is 21.4. The Morgan fingerprint density at radius 3 is 2.77 bits per heavy atom. The lowest BCUT2D eigenvalue weighted by Gasteiger charge is -2.24. The number of carboxylic acid groups (broad SMARTS) is 1. The zero-order valence-electron chi connectivity index (χ0n) is 16.2. The van der Waals surface area contributed by atoms with E-state index >= 15 is 0 Å². The molecule has 2 aromatic carbocycles. The summed E-state index contributed by atoms with van der Waals surface area (Å²) < 4.78 is 19.4. The largest absolute Gasteiger partial charge is 0.508 e. The standard InChI is InChI=1S/C22H20BrFN2O4/c1-12-8-13(2-5-18(12)24)20-16-4-3-15(27)9-17(16)22(30-11-19(28)29)25-21(20)26-7-6-14(23)10-26/h2-5,8-9,14,27H,6-7,10-11H2,1H3,(H,28,29). The van der Waals surface area contributed by atoms with E-state index in [1.165, 1.54) is 12.1 Å². The van der Waals surface area contributed by atoms with Gasteiger partial charge < -0.3 is 19.8 Å². The quantitative estimate of drug-likeness (QED) is 0.530. The minimum atomic E-state index is -1.12. The van der Waals surface area contributed by atoms with E-state index < -0.39 is 12.6 Å². The van der Waals surface area contributed by atoms with Crippen molar-refractivity contribution in [2.75, 3.05) is 24.6 Å². The van der Waals surface area contributed by atoms with Gasteiger partial charge in [-0.2, -0.15) is 4.98 Å². The van der Waals surface area contributed by atoms with Gasteiger partial charge in [-0.1, -0.05) is 22.0 Å². The van der Waals surface area contributed by atoms with Gasteiger partial charge in [0.1, 0.15) is 17.4 Å². The van der Waals surface area contributed by atoms with Gasteiger partial charge in [0.05, 0.1) is 0 Å². The first-order chi connectivity index (χ1) is 14.3. The highest BCUT2D eigenvalue weighted by atomic mass is 79.9. The number of aryl methyl sites for hydroxylation is 1. The lowest BCUT2D eigenvalue weighted by molar-refractivity contribution is -0.139. The molecule has 0 radical (unpaired) electrons. The van der Waals surface area contributed by atoms with Crippen molar-refractivity contribution in [1.29, 1.82) is 0 Å². The van der Waals surface area contributed by atoms with Gasteiger partial charge >= 0.3 is 5.97 Å². The summed E-state index contributed by atoms with van der Waals surface area (Å²) in [6.45, 7) is 2.64. The van der Waals surface area contributed by atoms with Gasteiger partial charge in [-0.15, -0.1) is 0 Å². The smallest absolute Gasteiger partial charge is 0.341 e. The van der Waals surface area contributed by atoms with E-state index in [4.69, 9.17) is 9.84 Å². The first-order valence-electron chi connectivity index (χ1n) is 9.50. The van der Waals surface area contributed by atoms with Gasteiger partial charge in [0.25, 0.3) is 0 Å². The highest BCUT2D eigenvalue weighted by Crippen LogP contribution is 2.42. The summed E-state index contributed by atoms with van der Waals surface area (Å²) in [5, 5.41) is 20.3. The average molecular weight is 475 g/mol. The molecule has 3 aromatic rings. The Labute approximate surface area is 181 Å². The van der Waals surface area contributed by atoms with Crippen molar-refractivity contribution >= 4 is 38.5 Å². The van der Waals surface area contributed by atoms with Gasteiger partial charge in [0.2, 0.25) is 5.88 Å². The van der Waals surface area contributed by atoms with E-state index in [0.717, 1.165) is 36.0 Å². The molecular weight excluding hydrogens is 455 g/mol. The van der Waals surface area contributed by atoms with Crippen LogP contribution in [0.5, 0.6) is 11.6 Å². The number of hydrogen-bond acceptors (Lipinski definition) is 5. The summed E-state index contributed by atoms with van der Waals surface area (Å²) >= 11 is 3.64.